The summed E-state index contributed by atoms with van der Waals surface area (Å²) in [5.74, 6) is 1.33. The second-order valence-corrected chi connectivity index (χ2v) is 4.17. The smallest absolute Gasteiger partial charge is 0.148 e. The van der Waals surface area contributed by atoms with Crippen LogP contribution in [0.4, 0.5) is 5.82 Å². The Hall–Kier alpha value is -1.16. The van der Waals surface area contributed by atoms with Crippen molar-refractivity contribution in [3.8, 4) is 0 Å². The zero-order valence-corrected chi connectivity index (χ0v) is 10.1. The van der Waals surface area contributed by atoms with Crippen LogP contribution in [0.1, 0.15) is 31.7 Å². The Bertz CT molecular complexity index is 298. The van der Waals surface area contributed by atoms with Crippen LogP contribution in [0.3, 0.4) is 0 Å². The second-order valence-electron chi connectivity index (χ2n) is 4.17. The highest BCUT2D eigenvalue weighted by atomic mass is 16.3. The largest absolute Gasteiger partial charge is 0.396 e. The highest BCUT2D eigenvalue weighted by Crippen LogP contribution is 2.12. The number of aromatic nitrogens is 2. The fraction of sp³-hybridized carbons (Fsp3) is 0.667. The van der Waals surface area contributed by atoms with Crippen molar-refractivity contribution in [2.45, 2.75) is 33.1 Å². The fourth-order valence-corrected chi connectivity index (χ4v) is 1.74. The van der Waals surface area contributed by atoms with E-state index < -0.39 is 0 Å². The van der Waals surface area contributed by atoms with E-state index in [2.05, 4.69) is 22.4 Å². The molecule has 1 unspecified atom stereocenters. The Labute approximate surface area is 97.1 Å². The Morgan fingerprint density at radius 2 is 2.25 bits per heavy atom. The molecular formula is C12H21N3O. The maximum atomic E-state index is 8.95. The molecule has 0 aliphatic carbocycles. The third kappa shape index (κ3) is 4.57. The van der Waals surface area contributed by atoms with Crippen molar-refractivity contribution < 1.29 is 5.11 Å². The van der Waals surface area contributed by atoms with Crippen molar-refractivity contribution in [3.05, 3.63) is 17.8 Å². The van der Waals surface area contributed by atoms with Crippen molar-refractivity contribution in [1.82, 2.24) is 10.2 Å². The number of rotatable bonds is 7. The van der Waals surface area contributed by atoms with Crippen LogP contribution >= 0.6 is 0 Å². The second kappa shape index (κ2) is 7.17. The van der Waals surface area contributed by atoms with Crippen LogP contribution in [0.15, 0.2) is 12.3 Å². The van der Waals surface area contributed by atoms with Crippen LogP contribution in [-0.4, -0.2) is 28.5 Å². The molecule has 90 valence electrons. The van der Waals surface area contributed by atoms with Crippen LogP contribution in [0.2, 0.25) is 0 Å². The van der Waals surface area contributed by atoms with Gasteiger partial charge in [0, 0.05) is 13.2 Å². The van der Waals surface area contributed by atoms with Gasteiger partial charge in [0.25, 0.3) is 0 Å². The van der Waals surface area contributed by atoms with Crippen molar-refractivity contribution in [3.63, 3.8) is 0 Å². The maximum Gasteiger partial charge on any atom is 0.148 e. The van der Waals surface area contributed by atoms with E-state index in [1.165, 1.54) is 0 Å². The zero-order chi connectivity index (χ0) is 11.8. The summed E-state index contributed by atoms with van der Waals surface area (Å²) >= 11 is 0. The van der Waals surface area contributed by atoms with Crippen LogP contribution in [0.5, 0.6) is 0 Å². The maximum absolute atomic E-state index is 8.95. The number of aliphatic hydroxyl groups excluding tert-OH is 1. The molecule has 0 bridgehead atoms. The number of nitrogens with one attached hydrogen (secondary N) is 1. The first-order chi connectivity index (χ1) is 7.76. The minimum Gasteiger partial charge on any atom is -0.396 e. The molecule has 2 N–H and O–H groups in total. The first kappa shape index (κ1) is 12.9. The first-order valence-electron chi connectivity index (χ1n) is 5.90. The molecule has 0 spiro atoms. The van der Waals surface area contributed by atoms with Crippen molar-refractivity contribution >= 4 is 5.82 Å². The lowest BCUT2D eigenvalue weighted by molar-refractivity contribution is 0.255. The van der Waals surface area contributed by atoms with Gasteiger partial charge in [-0.15, -0.1) is 5.10 Å². The number of anilines is 1. The number of hydrogen-bond acceptors (Lipinski definition) is 4. The third-order valence-electron chi connectivity index (χ3n) is 2.60. The van der Waals surface area contributed by atoms with E-state index in [1.54, 1.807) is 6.20 Å². The summed E-state index contributed by atoms with van der Waals surface area (Å²) in [4.78, 5) is 0. The van der Waals surface area contributed by atoms with Crippen LogP contribution in [0.25, 0.3) is 0 Å². The summed E-state index contributed by atoms with van der Waals surface area (Å²) in [5.41, 5.74) is 1.10. The molecule has 0 aliphatic heterocycles. The summed E-state index contributed by atoms with van der Waals surface area (Å²) < 4.78 is 0. The van der Waals surface area contributed by atoms with E-state index in [-0.39, 0.29) is 6.61 Å². The average molecular weight is 223 g/mol. The third-order valence-corrected chi connectivity index (χ3v) is 2.60. The van der Waals surface area contributed by atoms with Crippen molar-refractivity contribution in [2.24, 2.45) is 5.92 Å². The number of aliphatic hydroxyl groups is 1. The van der Waals surface area contributed by atoms with Crippen molar-refractivity contribution in [1.29, 1.82) is 0 Å². The molecular weight excluding hydrogens is 202 g/mol. The lowest BCUT2D eigenvalue weighted by Crippen LogP contribution is -2.16. The summed E-state index contributed by atoms with van der Waals surface area (Å²) in [7, 11) is 0. The summed E-state index contributed by atoms with van der Waals surface area (Å²) in [5, 5.41) is 20.1. The van der Waals surface area contributed by atoms with E-state index >= 15 is 0 Å². The Balaban J connectivity index is 2.41. The fourth-order valence-electron chi connectivity index (χ4n) is 1.74. The van der Waals surface area contributed by atoms with E-state index in [1.807, 2.05) is 13.0 Å². The van der Waals surface area contributed by atoms with Gasteiger partial charge in [0.15, 0.2) is 0 Å². The molecule has 1 aromatic rings. The normalized spacial score (nSPS) is 12.4. The van der Waals surface area contributed by atoms with Gasteiger partial charge in [0.05, 0.1) is 6.20 Å². The Morgan fingerprint density at radius 1 is 1.44 bits per heavy atom. The molecule has 16 heavy (non-hydrogen) atoms. The van der Waals surface area contributed by atoms with Gasteiger partial charge >= 0.3 is 0 Å². The molecule has 1 heterocycles. The molecule has 1 aromatic heterocycles. The average Bonchev–Trinajstić information content (AvgIpc) is 2.27. The minimum atomic E-state index is 0.256. The van der Waals surface area contributed by atoms with E-state index in [4.69, 9.17) is 5.11 Å². The first-order valence-corrected chi connectivity index (χ1v) is 5.90. The predicted octanol–water partition coefficient (Wildman–Crippen LogP) is 2.00. The quantitative estimate of drug-likeness (QED) is 0.742. The van der Waals surface area contributed by atoms with Crippen molar-refractivity contribution in [2.75, 3.05) is 18.5 Å². The van der Waals surface area contributed by atoms with Gasteiger partial charge in [0.1, 0.15) is 5.82 Å². The standard InChI is InChI=1S/C12H21N3O/c1-3-4-11(5-6-16)9-13-12-7-10(2)8-14-15-12/h7-8,11,16H,3-6,9H2,1-2H3,(H,13,15). The number of nitrogens with zero attached hydrogens (tertiary/aromatic N) is 2. The molecule has 1 rings (SSSR count). The van der Waals surface area contributed by atoms with Crippen LogP contribution in [0, 0.1) is 12.8 Å². The van der Waals surface area contributed by atoms with Gasteiger partial charge in [-0.1, -0.05) is 13.3 Å². The molecule has 0 saturated carbocycles. The molecule has 1 atom stereocenters. The minimum absolute atomic E-state index is 0.256. The van der Waals surface area contributed by atoms with Gasteiger partial charge in [-0.25, -0.2) is 0 Å². The highest BCUT2D eigenvalue weighted by Gasteiger charge is 2.07. The summed E-state index contributed by atoms with van der Waals surface area (Å²) in [6.07, 6.45) is 4.86. The number of aryl methyl sites for hydroxylation is 1. The Kier molecular flexibility index (Phi) is 5.78. The van der Waals surface area contributed by atoms with Gasteiger partial charge in [-0.3, -0.25) is 0 Å². The predicted molar refractivity (Wildman–Crippen MR) is 65.4 cm³/mol. The van der Waals surface area contributed by atoms with Crippen LogP contribution < -0.4 is 5.32 Å². The molecule has 0 radical (unpaired) electrons. The molecule has 0 saturated heterocycles. The SMILES string of the molecule is CCCC(CCO)CNc1cc(C)cnn1. The molecule has 0 aliphatic rings. The summed E-state index contributed by atoms with van der Waals surface area (Å²) in [6, 6.07) is 1.98. The molecule has 4 nitrogen and oxygen atoms in total. The Morgan fingerprint density at radius 3 is 2.88 bits per heavy atom. The van der Waals surface area contributed by atoms with Gasteiger partial charge in [0.2, 0.25) is 0 Å². The molecule has 0 fully saturated rings. The lowest BCUT2D eigenvalue weighted by atomic mass is 10.0. The van der Waals surface area contributed by atoms with Gasteiger partial charge in [-0.05, 0) is 37.3 Å². The van der Waals surface area contributed by atoms with Gasteiger partial charge in [-0.2, -0.15) is 5.10 Å². The molecule has 0 aromatic carbocycles. The highest BCUT2D eigenvalue weighted by molar-refractivity contribution is 5.34. The van der Waals surface area contributed by atoms with Crippen LogP contribution in [-0.2, 0) is 0 Å². The topological polar surface area (TPSA) is 58.0 Å². The van der Waals surface area contributed by atoms with E-state index in [0.717, 1.165) is 37.2 Å². The molecule has 4 heteroatoms. The monoisotopic (exact) mass is 223 g/mol. The van der Waals surface area contributed by atoms with E-state index in [0.29, 0.717) is 5.92 Å². The number of hydrogen-bond donors (Lipinski definition) is 2. The molecule has 0 amide bonds. The van der Waals surface area contributed by atoms with E-state index in [9.17, 15) is 0 Å². The summed E-state index contributed by atoms with van der Waals surface area (Å²) in [6.45, 7) is 5.27. The zero-order valence-electron chi connectivity index (χ0n) is 10.1. The lowest BCUT2D eigenvalue weighted by Gasteiger charge is -2.15. The van der Waals surface area contributed by atoms with Gasteiger partial charge < -0.3 is 10.4 Å².